The molecular weight excluding hydrogens is 488 g/mol. The molecule has 0 saturated heterocycles. The number of nitrogens with one attached hydrogen (secondary N) is 1. The van der Waals surface area contributed by atoms with Gasteiger partial charge in [-0.15, -0.1) is 0 Å². The number of methoxy groups -OCH3 is 5. The lowest BCUT2D eigenvalue weighted by Crippen LogP contribution is -2.42. The summed E-state index contributed by atoms with van der Waals surface area (Å²) in [6.07, 6.45) is 1.57. The van der Waals surface area contributed by atoms with E-state index in [-0.39, 0.29) is 17.2 Å². The number of halogens is 2. The first kappa shape index (κ1) is 27.6. The van der Waals surface area contributed by atoms with Crippen molar-refractivity contribution in [1.82, 2.24) is 0 Å². The smallest absolute Gasteiger partial charge is 0.419 e. The van der Waals surface area contributed by atoms with Crippen LogP contribution in [0.1, 0.15) is 11.1 Å². The van der Waals surface area contributed by atoms with Gasteiger partial charge < -0.3 is 29.0 Å². The third-order valence-corrected chi connectivity index (χ3v) is 5.75. The van der Waals surface area contributed by atoms with E-state index in [4.69, 9.17) is 18.9 Å². The van der Waals surface area contributed by atoms with Gasteiger partial charge in [-0.25, -0.2) is 4.79 Å². The van der Waals surface area contributed by atoms with E-state index in [0.717, 1.165) is 7.11 Å². The number of hydrogen-bond donors (Lipinski definition) is 1. The van der Waals surface area contributed by atoms with Gasteiger partial charge in [-0.1, -0.05) is 6.07 Å². The minimum atomic E-state index is -4.40. The Kier molecular flexibility index (Phi) is 9.58. The van der Waals surface area contributed by atoms with Crippen molar-refractivity contribution < 1.29 is 46.3 Å². The minimum absolute atomic E-state index is 0.0163. The highest BCUT2D eigenvalue weighted by molar-refractivity contribution is 7.87. The first-order valence-electron chi connectivity index (χ1n) is 9.91. The first-order chi connectivity index (χ1) is 16.6. The van der Waals surface area contributed by atoms with Gasteiger partial charge >= 0.3 is 17.8 Å². The zero-order valence-electron chi connectivity index (χ0n) is 19.7. The van der Waals surface area contributed by atoms with Gasteiger partial charge in [-0.05, 0) is 23.8 Å². The van der Waals surface area contributed by atoms with Crippen LogP contribution in [0, 0.1) is 0 Å². The summed E-state index contributed by atoms with van der Waals surface area (Å²) in [7, 11) is 4.91. The third-order valence-electron chi connectivity index (χ3n) is 4.69. The normalized spacial score (nSPS) is 12.1. The van der Waals surface area contributed by atoms with Crippen molar-refractivity contribution in [3.05, 3.63) is 46.9 Å². The van der Waals surface area contributed by atoms with Gasteiger partial charge in [-0.3, -0.25) is 9.00 Å². The molecule has 2 aromatic rings. The number of anilines is 1. The molecule has 0 radical (unpaired) electrons. The molecule has 0 saturated carbocycles. The van der Waals surface area contributed by atoms with E-state index in [1.54, 1.807) is 24.3 Å². The lowest BCUT2D eigenvalue weighted by atomic mass is 10.1. The maximum atomic E-state index is 13.9. The second-order valence-electron chi connectivity index (χ2n) is 6.83. The molecule has 0 bridgehead atoms. The number of benzene rings is 2. The van der Waals surface area contributed by atoms with Crippen LogP contribution < -0.4 is 24.3 Å². The van der Waals surface area contributed by atoms with E-state index in [9.17, 15) is 22.6 Å². The molecule has 190 valence electrons. The molecule has 0 aromatic heterocycles. The summed E-state index contributed by atoms with van der Waals surface area (Å²) in [5.41, 5.74) is 0.856. The third kappa shape index (κ3) is 6.69. The largest absolute Gasteiger partial charge is 0.496 e. The molecule has 0 aliphatic carbocycles. The molecule has 0 spiro atoms. The van der Waals surface area contributed by atoms with Crippen molar-refractivity contribution in [1.29, 1.82) is 0 Å². The SMILES string of the molecule is COC(=O)C(F)(F)C(=O)Nc1cc(CS(=O)/C=C/c2c(OC)cc(OC)cc2OC)ccc1OC. The number of alkyl halides is 2. The molecule has 9 nitrogen and oxygen atoms in total. The van der Waals surface area contributed by atoms with Crippen LogP contribution in [0.5, 0.6) is 23.0 Å². The fourth-order valence-corrected chi connectivity index (χ4v) is 3.81. The summed E-state index contributed by atoms with van der Waals surface area (Å²) < 4.78 is 65.4. The van der Waals surface area contributed by atoms with Crippen LogP contribution in [0.4, 0.5) is 14.5 Å². The van der Waals surface area contributed by atoms with E-state index in [0.29, 0.717) is 28.4 Å². The van der Waals surface area contributed by atoms with Gasteiger partial charge in [0.05, 0.1) is 63.4 Å². The standard InChI is InChI=1S/C23H25F2NO8S/c1-30-15-11-19(32-3)16(20(12-15)33-4)8-9-35(29)13-14-6-7-18(31-2)17(10-14)26-21(27)23(24,25)22(28)34-5/h6-12H,13H2,1-5H3,(H,26,27)/b9-8+. The van der Waals surface area contributed by atoms with Crippen molar-refractivity contribution in [2.24, 2.45) is 0 Å². The summed E-state index contributed by atoms with van der Waals surface area (Å²) >= 11 is 0. The minimum Gasteiger partial charge on any atom is -0.496 e. The lowest BCUT2D eigenvalue weighted by molar-refractivity contribution is -0.173. The Morgan fingerprint density at radius 2 is 1.54 bits per heavy atom. The van der Waals surface area contributed by atoms with E-state index in [2.05, 4.69) is 4.74 Å². The van der Waals surface area contributed by atoms with Crippen LogP contribution in [0.2, 0.25) is 0 Å². The predicted molar refractivity (Wildman–Crippen MR) is 126 cm³/mol. The molecule has 12 heteroatoms. The molecule has 0 aliphatic heterocycles. The van der Waals surface area contributed by atoms with Crippen LogP contribution in [0.3, 0.4) is 0 Å². The van der Waals surface area contributed by atoms with Crippen molar-refractivity contribution in [2.45, 2.75) is 11.7 Å². The summed E-state index contributed by atoms with van der Waals surface area (Å²) in [4.78, 5) is 23.2. The molecule has 0 fully saturated rings. The van der Waals surface area contributed by atoms with Gasteiger partial charge in [0.25, 0.3) is 0 Å². The van der Waals surface area contributed by atoms with Crippen LogP contribution >= 0.6 is 0 Å². The van der Waals surface area contributed by atoms with E-state index in [1.165, 1.54) is 46.0 Å². The molecule has 35 heavy (non-hydrogen) atoms. The quantitative estimate of drug-likeness (QED) is 0.360. The summed E-state index contributed by atoms with van der Waals surface area (Å²) in [5.74, 6) is -6.85. The van der Waals surface area contributed by atoms with Crippen LogP contribution in [0.15, 0.2) is 35.7 Å². The molecular formula is C23H25F2NO8S. The van der Waals surface area contributed by atoms with Gasteiger partial charge in [-0.2, -0.15) is 8.78 Å². The predicted octanol–water partition coefficient (Wildman–Crippen LogP) is 3.39. The molecule has 1 atom stereocenters. The number of carbonyl (C=O) groups excluding carboxylic acids is 2. The topological polar surface area (TPSA) is 109 Å². The number of amides is 1. The van der Waals surface area contributed by atoms with Crippen molar-refractivity contribution in [3.63, 3.8) is 0 Å². The number of rotatable bonds is 11. The Balaban J connectivity index is 2.25. The van der Waals surface area contributed by atoms with Crippen molar-refractivity contribution in [3.8, 4) is 23.0 Å². The Hall–Kier alpha value is -3.67. The van der Waals surface area contributed by atoms with Gasteiger partial charge in [0.2, 0.25) is 0 Å². The van der Waals surface area contributed by atoms with Crippen molar-refractivity contribution in [2.75, 3.05) is 40.9 Å². The molecule has 0 heterocycles. The highest BCUT2D eigenvalue weighted by atomic mass is 32.2. The van der Waals surface area contributed by atoms with Crippen molar-refractivity contribution >= 4 is 34.4 Å². The van der Waals surface area contributed by atoms with Gasteiger partial charge in [0, 0.05) is 17.5 Å². The van der Waals surface area contributed by atoms with Crippen LogP contribution in [-0.2, 0) is 30.9 Å². The number of carbonyl (C=O) groups is 2. The molecule has 1 N–H and O–H groups in total. The fraction of sp³-hybridized carbons (Fsp3) is 0.304. The maximum absolute atomic E-state index is 13.9. The first-order valence-corrected chi connectivity index (χ1v) is 11.3. The Morgan fingerprint density at radius 3 is 2.06 bits per heavy atom. The molecule has 2 aromatic carbocycles. The summed E-state index contributed by atoms with van der Waals surface area (Å²) in [6, 6.07) is 7.59. The Bertz CT molecular complexity index is 1110. The molecule has 0 aliphatic rings. The fourth-order valence-electron chi connectivity index (χ4n) is 2.92. The average Bonchev–Trinajstić information content (AvgIpc) is 2.86. The Labute approximate surface area is 203 Å². The maximum Gasteiger partial charge on any atom is 0.419 e. The zero-order chi connectivity index (χ0) is 26.2. The van der Waals surface area contributed by atoms with E-state index in [1.807, 2.05) is 5.32 Å². The summed E-state index contributed by atoms with van der Waals surface area (Å²) in [6.45, 7) is 0. The molecule has 1 unspecified atom stereocenters. The molecule has 1 amide bonds. The highest BCUT2D eigenvalue weighted by Crippen LogP contribution is 2.35. The zero-order valence-corrected chi connectivity index (χ0v) is 20.5. The van der Waals surface area contributed by atoms with E-state index >= 15 is 0 Å². The second-order valence-corrected chi connectivity index (χ2v) is 8.15. The summed E-state index contributed by atoms with van der Waals surface area (Å²) in [5, 5.41) is 3.37. The number of hydrogen-bond acceptors (Lipinski definition) is 8. The van der Waals surface area contributed by atoms with Crippen LogP contribution in [0.25, 0.3) is 6.08 Å². The number of esters is 1. The van der Waals surface area contributed by atoms with Gasteiger partial charge in [0.1, 0.15) is 23.0 Å². The monoisotopic (exact) mass is 513 g/mol. The van der Waals surface area contributed by atoms with E-state index < -0.39 is 28.6 Å². The highest BCUT2D eigenvalue weighted by Gasteiger charge is 2.49. The lowest BCUT2D eigenvalue weighted by Gasteiger charge is -2.16. The van der Waals surface area contributed by atoms with Crippen LogP contribution in [-0.4, -0.2) is 57.6 Å². The molecule has 2 rings (SSSR count). The number of ether oxygens (including phenoxy) is 5. The average molecular weight is 514 g/mol. The Morgan fingerprint density at radius 1 is 0.943 bits per heavy atom. The second kappa shape index (κ2) is 12.2. The van der Waals surface area contributed by atoms with Gasteiger partial charge in [0.15, 0.2) is 0 Å².